The fourth-order valence-electron chi connectivity index (χ4n) is 0.0660. The maximum atomic E-state index is 11.5. The second-order valence-corrected chi connectivity index (χ2v) is 1.27. The number of carboxylic acids is 1. The van der Waals surface area contributed by atoms with Gasteiger partial charge in [-0.3, -0.25) is 0 Å². The minimum absolute atomic E-state index is 0.477. The predicted molar refractivity (Wildman–Crippen MR) is 23.3 cm³/mol. The molecule has 0 aliphatic carbocycles. The first kappa shape index (κ1) is 6.69. The van der Waals surface area contributed by atoms with Crippen LogP contribution in [0.1, 0.15) is 0 Å². The number of halogens is 2. The van der Waals surface area contributed by atoms with Gasteiger partial charge in [-0.1, -0.05) is 0 Å². The van der Waals surface area contributed by atoms with Crippen LogP contribution in [0.5, 0.6) is 0 Å². The lowest BCUT2D eigenvalue weighted by Crippen LogP contribution is -2.15. The molecule has 0 fully saturated rings. The zero-order valence-corrected chi connectivity index (χ0v) is 4.15. The lowest BCUT2D eigenvalue weighted by atomic mass is 10.5. The van der Waals surface area contributed by atoms with Crippen LogP contribution >= 0.6 is 11.6 Å². The summed E-state index contributed by atoms with van der Waals surface area (Å²) in [4.78, 5) is 9.47. The number of alkyl halides is 2. The van der Waals surface area contributed by atoms with Crippen molar-refractivity contribution < 1.29 is 14.3 Å². The predicted octanol–water partition coefficient (Wildman–Crippen LogP) is 0.648. The zero-order valence-electron chi connectivity index (χ0n) is 3.40. The molecule has 0 aromatic heterocycles. The Morgan fingerprint density at radius 3 is 2.43 bits per heavy atom. The number of hydrogen-bond acceptors (Lipinski definition) is 1. The van der Waals surface area contributed by atoms with E-state index in [0.29, 0.717) is 0 Å². The summed E-state index contributed by atoms with van der Waals surface area (Å²) in [7, 11) is 0. The Hall–Kier alpha value is -0.310. The van der Waals surface area contributed by atoms with Crippen LogP contribution in [0.2, 0.25) is 0 Å². The average Bonchev–Trinajstić information content (AvgIpc) is 1.65. The molecule has 0 amide bonds. The first-order valence-corrected chi connectivity index (χ1v) is 2.14. The highest BCUT2D eigenvalue weighted by Gasteiger charge is 2.11. The second kappa shape index (κ2) is 2.80. The maximum absolute atomic E-state index is 11.5. The lowest BCUT2D eigenvalue weighted by molar-refractivity contribution is -0.141. The van der Waals surface area contributed by atoms with E-state index in [1.165, 1.54) is 0 Å². The molecule has 1 atom stereocenters. The van der Waals surface area contributed by atoms with Crippen molar-refractivity contribution in [1.82, 2.24) is 0 Å². The summed E-state index contributed by atoms with van der Waals surface area (Å²) in [6.07, 6.45) is -1.92. The molecule has 4 heteroatoms. The van der Waals surface area contributed by atoms with Gasteiger partial charge < -0.3 is 5.11 Å². The molecule has 0 bridgehead atoms. The highest BCUT2D eigenvalue weighted by molar-refractivity contribution is 6.19. The van der Waals surface area contributed by atoms with Gasteiger partial charge in [-0.05, 0) is 0 Å². The molecular weight excluding hydrogens is 122 g/mol. The van der Waals surface area contributed by atoms with Crippen molar-refractivity contribution >= 4 is 17.6 Å². The molecule has 0 aliphatic rings. The van der Waals surface area contributed by atoms with Gasteiger partial charge in [0.25, 0.3) is 0 Å². The molecule has 0 saturated heterocycles. The fourth-order valence-corrected chi connectivity index (χ4v) is 0.198. The summed E-state index contributed by atoms with van der Waals surface area (Å²) in [5.41, 5.74) is 0. The number of aliphatic carboxylic acids is 1. The van der Waals surface area contributed by atoms with Gasteiger partial charge in [0, 0.05) is 0 Å². The molecule has 0 aromatic rings. The molecule has 7 heavy (non-hydrogen) atoms. The molecule has 0 spiro atoms. The topological polar surface area (TPSA) is 37.3 Å². The first-order chi connectivity index (χ1) is 3.18. The van der Waals surface area contributed by atoms with E-state index in [4.69, 9.17) is 16.7 Å². The molecule has 42 valence electrons. The van der Waals surface area contributed by atoms with Gasteiger partial charge in [0.2, 0.25) is 6.17 Å². The Balaban J connectivity index is 3.34. The summed E-state index contributed by atoms with van der Waals surface area (Å²) >= 11 is 4.79. The van der Waals surface area contributed by atoms with Gasteiger partial charge in [-0.25, -0.2) is 9.18 Å². The molecule has 1 N–H and O–H groups in total. The van der Waals surface area contributed by atoms with Crippen molar-refractivity contribution in [3.8, 4) is 0 Å². The normalized spacial score (nSPS) is 13.4. The quantitative estimate of drug-likeness (QED) is 0.552. The monoisotopic (exact) mass is 126 g/mol. The maximum Gasteiger partial charge on any atom is 0.339 e. The summed E-state index contributed by atoms with van der Waals surface area (Å²) < 4.78 is 11.5. The third kappa shape index (κ3) is 2.39. The van der Waals surface area contributed by atoms with E-state index < -0.39 is 18.0 Å². The number of carboxylic acid groups (broad SMARTS) is 1. The van der Waals surface area contributed by atoms with Gasteiger partial charge in [-0.15, -0.1) is 11.6 Å². The fraction of sp³-hybridized carbons (Fsp3) is 0.667. The molecule has 0 saturated carbocycles. The van der Waals surface area contributed by atoms with Crippen LogP contribution in [-0.4, -0.2) is 23.1 Å². The van der Waals surface area contributed by atoms with E-state index >= 15 is 0 Å². The van der Waals surface area contributed by atoms with E-state index in [2.05, 4.69) is 0 Å². The molecule has 0 aliphatic heterocycles. The van der Waals surface area contributed by atoms with Crippen LogP contribution in [0.15, 0.2) is 0 Å². The second-order valence-electron chi connectivity index (χ2n) is 0.960. The number of carbonyl (C=O) groups is 1. The van der Waals surface area contributed by atoms with Gasteiger partial charge in [0.15, 0.2) is 0 Å². The van der Waals surface area contributed by atoms with Crippen LogP contribution in [0.3, 0.4) is 0 Å². The smallest absolute Gasteiger partial charge is 0.339 e. The van der Waals surface area contributed by atoms with Crippen LogP contribution in [0, 0.1) is 0 Å². The van der Waals surface area contributed by atoms with E-state index in [-0.39, 0.29) is 0 Å². The van der Waals surface area contributed by atoms with Crippen molar-refractivity contribution in [2.45, 2.75) is 6.17 Å². The molecule has 0 rings (SSSR count). The van der Waals surface area contributed by atoms with Crippen LogP contribution in [-0.2, 0) is 4.79 Å². The highest BCUT2D eigenvalue weighted by Crippen LogP contribution is 1.91. The van der Waals surface area contributed by atoms with Crippen molar-refractivity contribution in [3.05, 3.63) is 0 Å². The standard InChI is InChI=1S/C3H4ClFO2/c4-1-2(5)3(6)7/h2H,1H2,(H,6,7). The van der Waals surface area contributed by atoms with Crippen molar-refractivity contribution in [3.63, 3.8) is 0 Å². The van der Waals surface area contributed by atoms with Crippen LogP contribution in [0.4, 0.5) is 4.39 Å². The summed E-state index contributed by atoms with van der Waals surface area (Å²) in [6.45, 7) is 0. The Morgan fingerprint density at radius 2 is 2.43 bits per heavy atom. The molecule has 0 heterocycles. The number of rotatable bonds is 2. The summed E-state index contributed by atoms with van der Waals surface area (Å²) in [5.74, 6) is -1.98. The minimum atomic E-state index is -1.92. The molecular formula is C3H4ClFO2. The van der Waals surface area contributed by atoms with Crippen LogP contribution < -0.4 is 0 Å². The van der Waals surface area contributed by atoms with Crippen molar-refractivity contribution in [1.29, 1.82) is 0 Å². The Labute approximate surface area is 44.9 Å². The van der Waals surface area contributed by atoms with E-state index in [0.717, 1.165) is 0 Å². The van der Waals surface area contributed by atoms with Crippen molar-refractivity contribution in [2.75, 3.05) is 5.88 Å². The lowest BCUT2D eigenvalue weighted by Gasteiger charge is -1.90. The minimum Gasteiger partial charge on any atom is -0.479 e. The molecule has 0 radical (unpaired) electrons. The Kier molecular flexibility index (Phi) is 2.67. The van der Waals surface area contributed by atoms with E-state index in [1.54, 1.807) is 0 Å². The SMILES string of the molecule is O=C(O)C(F)CCl. The van der Waals surface area contributed by atoms with E-state index in [1.807, 2.05) is 0 Å². The molecule has 0 aromatic carbocycles. The van der Waals surface area contributed by atoms with Gasteiger partial charge >= 0.3 is 5.97 Å². The average molecular weight is 127 g/mol. The third-order valence-electron chi connectivity index (χ3n) is 0.403. The first-order valence-electron chi connectivity index (χ1n) is 1.61. The summed E-state index contributed by atoms with van der Waals surface area (Å²) in [5, 5.41) is 7.72. The Bertz CT molecular complexity index is 75.3. The third-order valence-corrected chi connectivity index (χ3v) is 0.674. The summed E-state index contributed by atoms with van der Waals surface area (Å²) in [6, 6.07) is 0. The van der Waals surface area contributed by atoms with Crippen molar-refractivity contribution in [2.24, 2.45) is 0 Å². The molecule has 1 unspecified atom stereocenters. The van der Waals surface area contributed by atoms with Gasteiger partial charge in [0.1, 0.15) is 0 Å². The van der Waals surface area contributed by atoms with E-state index in [9.17, 15) is 9.18 Å². The van der Waals surface area contributed by atoms with Gasteiger partial charge in [0.05, 0.1) is 5.88 Å². The highest BCUT2D eigenvalue weighted by atomic mass is 35.5. The largest absolute Gasteiger partial charge is 0.479 e. The molecule has 2 nitrogen and oxygen atoms in total. The Morgan fingerprint density at radius 1 is 2.00 bits per heavy atom. The van der Waals surface area contributed by atoms with Crippen LogP contribution in [0.25, 0.3) is 0 Å². The van der Waals surface area contributed by atoms with Gasteiger partial charge in [-0.2, -0.15) is 0 Å². The number of hydrogen-bond donors (Lipinski definition) is 1. The zero-order chi connectivity index (χ0) is 5.86.